The fourth-order valence-corrected chi connectivity index (χ4v) is 4.02. The Bertz CT molecular complexity index is 727. The lowest BCUT2D eigenvalue weighted by Crippen LogP contribution is -2.39. The van der Waals surface area contributed by atoms with Crippen LogP contribution in [0.25, 0.3) is 11.1 Å². The summed E-state index contributed by atoms with van der Waals surface area (Å²) >= 11 is 0. The van der Waals surface area contributed by atoms with Crippen LogP contribution in [0.3, 0.4) is 0 Å². The van der Waals surface area contributed by atoms with Gasteiger partial charge in [-0.15, -0.1) is 0 Å². The summed E-state index contributed by atoms with van der Waals surface area (Å²) in [4.78, 5) is 2.68. The van der Waals surface area contributed by atoms with Crippen molar-refractivity contribution in [3.8, 4) is 0 Å². The van der Waals surface area contributed by atoms with Crippen LogP contribution in [-0.2, 0) is 0 Å². The van der Waals surface area contributed by atoms with Crippen LogP contribution >= 0.6 is 0 Å². The van der Waals surface area contributed by atoms with E-state index in [1.165, 1.54) is 54.5 Å². The summed E-state index contributed by atoms with van der Waals surface area (Å²) < 4.78 is 0. The molecule has 1 heterocycles. The van der Waals surface area contributed by atoms with E-state index in [0.29, 0.717) is 6.04 Å². The van der Waals surface area contributed by atoms with Crippen molar-refractivity contribution < 1.29 is 0 Å². The van der Waals surface area contributed by atoms with Crippen molar-refractivity contribution in [2.24, 2.45) is 0 Å². The molecule has 2 aliphatic rings. The maximum absolute atomic E-state index is 2.68. The Morgan fingerprint density at radius 1 is 0.750 bits per heavy atom. The second-order valence-corrected chi connectivity index (χ2v) is 6.87. The van der Waals surface area contributed by atoms with E-state index in [9.17, 15) is 0 Å². The van der Waals surface area contributed by atoms with E-state index in [2.05, 4.69) is 77.7 Å². The molecule has 1 nitrogen and oxygen atoms in total. The zero-order chi connectivity index (χ0) is 16.2. The van der Waals surface area contributed by atoms with E-state index in [1.807, 2.05) is 0 Å². The third-order valence-electron chi connectivity index (χ3n) is 5.39. The summed E-state index contributed by atoms with van der Waals surface area (Å²) in [5.74, 6) is 0. The highest BCUT2D eigenvalue weighted by atomic mass is 15.2. The van der Waals surface area contributed by atoms with E-state index in [-0.39, 0.29) is 0 Å². The summed E-state index contributed by atoms with van der Waals surface area (Å²) in [6.07, 6.45) is 9.76. The molecule has 0 aromatic heterocycles. The first-order valence-electron chi connectivity index (χ1n) is 9.13. The smallest absolute Gasteiger partial charge is 0.0172 e. The second-order valence-electron chi connectivity index (χ2n) is 6.87. The molecule has 0 radical (unpaired) electrons. The monoisotopic (exact) mass is 315 g/mol. The topological polar surface area (TPSA) is 3.24 Å². The van der Waals surface area contributed by atoms with Crippen molar-refractivity contribution in [2.45, 2.75) is 31.7 Å². The van der Waals surface area contributed by atoms with Gasteiger partial charge >= 0.3 is 0 Å². The molecule has 0 amide bonds. The summed E-state index contributed by atoms with van der Waals surface area (Å²) in [6, 6.07) is 22.4. The molecule has 0 spiro atoms. The number of nitrogens with zero attached hydrogens (tertiary/aromatic N) is 1. The minimum Gasteiger partial charge on any atom is -0.296 e. The minimum absolute atomic E-state index is 0.693. The quantitative estimate of drug-likeness (QED) is 0.732. The lowest BCUT2D eigenvalue weighted by Gasteiger charge is -2.36. The van der Waals surface area contributed by atoms with Crippen LogP contribution in [0.15, 0.2) is 72.8 Å². The Hall–Kier alpha value is -2.12. The van der Waals surface area contributed by atoms with Gasteiger partial charge < -0.3 is 0 Å². The van der Waals surface area contributed by atoms with Gasteiger partial charge in [0.15, 0.2) is 0 Å². The maximum atomic E-state index is 2.68. The number of hydrogen-bond acceptors (Lipinski definition) is 1. The summed E-state index contributed by atoms with van der Waals surface area (Å²) in [6.45, 7) is 2.28. The molecule has 4 rings (SSSR count). The van der Waals surface area contributed by atoms with Crippen LogP contribution in [0.5, 0.6) is 0 Å². The molecule has 122 valence electrons. The Kier molecular flexibility index (Phi) is 4.62. The molecule has 1 aliphatic heterocycles. The molecule has 0 fully saturated rings. The normalized spacial score (nSPS) is 21.9. The van der Waals surface area contributed by atoms with Crippen LogP contribution in [-0.4, -0.2) is 24.0 Å². The minimum atomic E-state index is 0.693. The first kappa shape index (κ1) is 15.4. The van der Waals surface area contributed by atoms with Gasteiger partial charge in [-0.25, -0.2) is 0 Å². The fraction of sp³-hybridized carbons (Fsp3) is 0.304. The molecular formula is C23H25N. The van der Waals surface area contributed by atoms with Crippen LogP contribution < -0.4 is 0 Å². The van der Waals surface area contributed by atoms with Crippen LogP contribution in [0, 0.1) is 0 Å². The Morgan fingerprint density at radius 2 is 1.42 bits per heavy atom. The molecule has 1 atom stereocenters. The zero-order valence-electron chi connectivity index (χ0n) is 14.2. The van der Waals surface area contributed by atoms with Gasteiger partial charge in [-0.3, -0.25) is 4.90 Å². The number of benzene rings is 2. The van der Waals surface area contributed by atoms with Gasteiger partial charge in [0.1, 0.15) is 0 Å². The molecule has 1 aliphatic carbocycles. The van der Waals surface area contributed by atoms with E-state index in [0.717, 1.165) is 6.54 Å². The molecule has 0 saturated heterocycles. The predicted octanol–water partition coefficient (Wildman–Crippen LogP) is 5.41. The van der Waals surface area contributed by atoms with Crippen LogP contribution in [0.1, 0.15) is 36.8 Å². The van der Waals surface area contributed by atoms with Crippen molar-refractivity contribution >= 4 is 11.1 Å². The molecule has 1 heteroatoms. The summed E-state index contributed by atoms with van der Waals surface area (Å²) in [7, 11) is 0. The van der Waals surface area contributed by atoms with E-state index in [4.69, 9.17) is 0 Å². The maximum Gasteiger partial charge on any atom is 0.0172 e. The highest BCUT2D eigenvalue weighted by Gasteiger charge is 2.24. The largest absolute Gasteiger partial charge is 0.296 e. The van der Waals surface area contributed by atoms with Gasteiger partial charge in [-0.1, -0.05) is 72.8 Å². The lowest BCUT2D eigenvalue weighted by atomic mass is 9.88. The Balaban J connectivity index is 1.43. The number of allylic oxidation sites excluding steroid dienone is 1. The van der Waals surface area contributed by atoms with Gasteiger partial charge in [0.05, 0.1) is 0 Å². The molecular weight excluding hydrogens is 290 g/mol. The van der Waals surface area contributed by atoms with Gasteiger partial charge in [0, 0.05) is 19.1 Å². The van der Waals surface area contributed by atoms with Gasteiger partial charge in [-0.05, 0) is 48.0 Å². The van der Waals surface area contributed by atoms with E-state index >= 15 is 0 Å². The van der Waals surface area contributed by atoms with Crippen molar-refractivity contribution in [3.05, 3.63) is 83.9 Å². The molecule has 2 aromatic rings. The number of hydrogen-bond donors (Lipinski definition) is 0. The predicted molar refractivity (Wildman–Crippen MR) is 103 cm³/mol. The van der Waals surface area contributed by atoms with E-state index in [1.54, 1.807) is 0 Å². The molecule has 24 heavy (non-hydrogen) atoms. The highest BCUT2D eigenvalue weighted by molar-refractivity contribution is 5.68. The molecule has 0 N–H and O–H groups in total. The van der Waals surface area contributed by atoms with Gasteiger partial charge in [0.2, 0.25) is 0 Å². The van der Waals surface area contributed by atoms with Crippen LogP contribution in [0.4, 0.5) is 0 Å². The van der Waals surface area contributed by atoms with Gasteiger partial charge in [-0.2, -0.15) is 0 Å². The average molecular weight is 315 g/mol. The molecule has 0 bridgehead atoms. The number of rotatable bonds is 3. The summed E-state index contributed by atoms with van der Waals surface area (Å²) in [5, 5.41) is 0. The second kappa shape index (κ2) is 7.19. The average Bonchev–Trinajstić information content (AvgIpc) is 2.70. The molecule has 2 aromatic carbocycles. The van der Waals surface area contributed by atoms with Crippen molar-refractivity contribution in [1.29, 1.82) is 0 Å². The first-order chi connectivity index (χ1) is 11.9. The Labute approximate surface area is 145 Å². The third kappa shape index (κ3) is 3.37. The Morgan fingerprint density at radius 3 is 2.04 bits per heavy atom. The SMILES string of the molecule is C1=C(c2ccccc2)CCN(C2CCC=C(c3ccccc3)C2)C1. The standard InChI is InChI=1S/C23H25N/c1-3-8-19(9-4-1)21-14-16-24(17-15-21)23-13-7-12-22(18-23)20-10-5-2-6-11-20/h1-6,8-12,14,23H,7,13,15-18H2. The molecule has 0 saturated carbocycles. The fourth-order valence-electron chi connectivity index (χ4n) is 4.02. The lowest BCUT2D eigenvalue weighted by molar-refractivity contribution is 0.206. The first-order valence-corrected chi connectivity index (χ1v) is 9.13. The summed E-state index contributed by atoms with van der Waals surface area (Å²) in [5.41, 5.74) is 5.84. The van der Waals surface area contributed by atoms with Gasteiger partial charge in [0.25, 0.3) is 0 Å². The van der Waals surface area contributed by atoms with Crippen molar-refractivity contribution in [3.63, 3.8) is 0 Å². The third-order valence-corrected chi connectivity index (χ3v) is 5.39. The van der Waals surface area contributed by atoms with Crippen LogP contribution in [0.2, 0.25) is 0 Å². The van der Waals surface area contributed by atoms with E-state index < -0.39 is 0 Å². The highest BCUT2D eigenvalue weighted by Crippen LogP contribution is 2.32. The van der Waals surface area contributed by atoms with Crippen molar-refractivity contribution in [2.75, 3.05) is 13.1 Å². The van der Waals surface area contributed by atoms with Crippen molar-refractivity contribution in [1.82, 2.24) is 4.90 Å². The molecule has 1 unspecified atom stereocenters. The zero-order valence-corrected chi connectivity index (χ0v) is 14.2.